The maximum atomic E-state index is 13.2. The van der Waals surface area contributed by atoms with E-state index in [0.29, 0.717) is 41.4 Å². The van der Waals surface area contributed by atoms with Crippen LogP contribution in [0.15, 0.2) is 17.0 Å². The van der Waals surface area contributed by atoms with E-state index in [1.165, 1.54) is 28.6 Å². The number of methoxy groups -OCH3 is 1. The van der Waals surface area contributed by atoms with Crippen LogP contribution in [0.1, 0.15) is 27.2 Å². The first-order chi connectivity index (χ1) is 13.1. The van der Waals surface area contributed by atoms with Gasteiger partial charge in [0.25, 0.3) is 0 Å². The third kappa shape index (κ3) is 4.50. The molecule has 0 aliphatic rings. The van der Waals surface area contributed by atoms with Crippen LogP contribution < -0.4 is 5.32 Å². The second-order valence-electron chi connectivity index (χ2n) is 6.33. The molecular formula is C18H25N3O5S2. The molecule has 0 atom stereocenters. The van der Waals surface area contributed by atoms with Crippen LogP contribution in [0, 0.1) is 6.92 Å². The van der Waals surface area contributed by atoms with Crippen molar-refractivity contribution in [2.75, 3.05) is 38.1 Å². The van der Waals surface area contributed by atoms with Crippen LogP contribution in [-0.4, -0.2) is 61.9 Å². The van der Waals surface area contributed by atoms with Crippen LogP contribution in [0.25, 0.3) is 0 Å². The molecule has 2 rings (SSSR count). The van der Waals surface area contributed by atoms with Gasteiger partial charge < -0.3 is 15.2 Å². The first-order valence-electron chi connectivity index (χ1n) is 8.48. The Bertz CT molecular complexity index is 984. The van der Waals surface area contributed by atoms with E-state index in [0.717, 1.165) is 6.26 Å². The second-order valence-corrected chi connectivity index (χ2v) is 9.18. The number of aromatic nitrogens is 2. The number of hydrogen-bond donors (Lipinski definition) is 2. The number of ether oxygens (including phenoxy) is 1. The van der Waals surface area contributed by atoms with Crippen LogP contribution >= 0.6 is 11.8 Å². The standard InChI is InChI=1S/C18H25N3O5S2/c1-11-15(18(23)21(2)20-11)17(22)12-6-7-14(28(5,24)25)16(13(12)10-27-4)19-8-9-26-3/h6-7,19,23H,8-10H2,1-5H3. The second kappa shape index (κ2) is 8.97. The third-order valence-electron chi connectivity index (χ3n) is 4.23. The van der Waals surface area contributed by atoms with E-state index in [9.17, 15) is 18.3 Å². The molecule has 0 unspecified atom stereocenters. The lowest BCUT2D eigenvalue weighted by Gasteiger charge is -2.18. The number of carbonyl (C=O) groups excluding carboxylic acids is 1. The summed E-state index contributed by atoms with van der Waals surface area (Å²) in [5.41, 5.74) is 1.80. The molecule has 28 heavy (non-hydrogen) atoms. The number of hydrogen-bond acceptors (Lipinski definition) is 8. The van der Waals surface area contributed by atoms with Crippen molar-refractivity contribution < 1.29 is 23.1 Å². The van der Waals surface area contributed by atoms with Crippen LogP contribution in [0.3, 0.4) is 0 Å². The summed E-state index contributed by atoms with van der Waals surface area (Å²) in [5.74, 6) is -0.208. The predicted octanol–water partition coefficient (Wildman–Crippen LogP) is 1.99. The Balaban J connectivity index is 2.70. The van der Waals surface area contributed by atoms with E-state index in [1.807, 2.05) is 6.26 Å². The average molecular weight is 428 g/mol. The van der Waals surface area contributed by atoms with Gasteiger partial charge in [-0.1, -0.05) is 0 Å². The maximum Gasteiger partial charge on any atom is 0.220 e. The highest BCUT2D eigenvalue weighted by atomic mass is 32.2. The Labute approximate surface area is 169 Å². The molecule has 10 heteroatoms. The van der Waals surface area contributed by atoms with E-state index >= 15 is 0 Å². The summed E-state index contributed by atoms with van der Waals surface area (Å²) in [6, 6.07) is 2.92. The zero-order valence-electron chi connectivity index (χ0n) is 16.6. The van der Waals surface area contributed by atoms with Crippen LogP contribution in [-0.2, 0) is 27.4 Å². The minimum atomic E-state index is -3.52. The molecular weight excluding hydrogens is 402 g/mol. The number of nitrogens with zero attached hydrogens (tertiary/aromatic N) is 2. The van der Waals surface area contributed by atoms with Gasteiger partial charge in [0, 0.05) is 38.3 Å². The number of aromatic hydroxyl groups is 1. The molecule has 0 saturated heterocycles. The normalized spacial score (nSPS) is 11.6. The van der Waals surface area contributed by atoms with Crippen molar-refractivity contribution >= 4 is 33.1 Å². The zero-order chi connectivity index (χ0) is 21.1. The molecule has 1 aromatic heterocycles. The molecule has 0 saturated carbocycles. The van der Waals surface area contributed by atoms with Gasteiger partial charge in [0.2, 0.25) is 11.7 Å². The molecule has 2 aromatic rings. The van der Waals surface area contributed by atoms with Gasteiger partial charge >= 0.3 is 0 Å². The minimum absolute atomic E-state index is 0.111. The zero-order valence-corrected chi connectivity index (χ0v) is 18.2. The van der Waals surface area contributed by atoms with Gasteiger partial charge in [0.15, 0.2) is 9.84 Å². The van der Waals surface area contributed by atoms with E-state index < -0.39 is 15.6 Å². The summed E-state index contributed by atoms with van der Waals surface area (Å²) in [4.78, 5) is 13.3. The summed E-state index contributed by atoms with van der Waals surface area (Å²) in [6.45, 7) is 2.40. The monoisotopic (exact) mass is 427 g/mol. The van der Waals surface area contributed by atoms with E-state index in [2.05, 4.69) is 10.4 Å². The van der Waals surface area contributed by atoms with Gasteiger partial charge in [0.05, 0.1) is 22.9 Å². The van der Waals surface area contributed by atoms with Crippen molar-refractivity contribution in [2.45, 2.75) is 17.6 Å². The highest BCUT2D eigenvalue weighted by Gasteiger charge is 2.27. The quantitative estimate of drug-likeness (QED) is 0.462. The molecule has 1 aromatic carbocycles. The van der Waals surface area contributed by atoms with E-state index in [1.54, 1.807) is 21.1 Å². The molecule has 0 amide bonds. The highest BCUT2D eigenvalue weighted by Crippen LogP contribution is 2.34. The average Bonchev–Trinajstić information content (AvgIpc) is 2.86. The molecule has 0 aliphatic heterocycles. The minimum Gasteiger partial charge on any atom is -0.493 e. The number of carbonyl (C=O) groups is 1. The Morgan fingerprint density at radius 3 is 2.57 bits per heavy atom. The number of ketones is 1. The summed E-state index contributed by atoms with van der Waals surface area (Å²) in [5, 5.41) is 17.4. The van der Waals surface area contributed by atoms with E-state index in [-0.39, 0.29) is 16.3 Å². The van der Waals surface area contributed by atoms with Gasteiger partial charge in [-0.15, -0.1) is 0 Å². The van der Waals surface area contributed by atoms with Crippen molar-refractivity contribution in [1.82, 2.24) is 9.78 Å². The summed E-state index contributed by atoms with van der Waals surface area (Å²) in [6.07, 6.45) is 3.00. The molecule has 0 fully saturated rings. The molecule has 0 aliphatic carbocycles. The largest absolute Gasteiger partial charge is 0.493 e. The van der Waals surface area contributed by atoms with Crippen LogP contribution in [0.5, 0.6) is 5.88 Å². The molecule has 8 nitrogen and oxygen atoms in total. The van der Waals surface area contributed by atoms with Crippen LogP contribution in [0.4, 0.5) is 5.69 Å². The van der Waals surface area contributed by atoms with Gasteiger partial charge in [0.1, 0.15) is 5.56 Å². The predicted molar refractivity (Wildman–Crippen MR) is 110 cm³/mol. The van der Waals surface area contributed by atoms with Crippen molar-refractivity contribution in [1.29, 1.82) is 0 Å². The lowest BCUT2D eigenvalue weighted by Crippen LogP contribution is -2.16. The van der Waals surface area contributed by atoms with Crippen molar-refractivity contribution in [3.8, 4) is 5.88 Å². The topological polar surface area (TPSA) is 111 Å². The molecule has 0 bridgehead atoms. The summed E-state index contributed by atoms with van der Waals surface area (Å²) >= 11 is 1.47. The fourth-order valence-corrected chi connectivity index (χ4v) is 4.43. The molecule has 154 valence electrons. The summed E-state index contributed by atoms with van der Waals surface area (Å²) in [7, 11) is -0.421. The van der Waals surface area contributed by atoms with Gasteiger partial charge in [-0.05, 0) is 30.9 Å². The van der Waals surface area contributed by atoms with Crippen molar-refractivity contribution in [2.24, 2.45) is 7.05 Å². The molecule has 0 radical (unpaired) electrons. The summed E-state index contributed by atoms with van der Waals surface area (Å²) < 4.78 is 30.9. The number of benzene rings is 1. The molecule has 0 spiro atoms. The Kier molecular flexibility index (Phi) is 7.13. The van der Waals surface area contributed by atoms with Gasteiger partial charge in [-0.3, -0.25) is 4.79 Å². The first kappa shape index (κ1) is 22.3. The van der Waals surface area contributed by atoms with Crippen molar-refractivity contribution in [3.63, 3.8) is 0 Å². The van der Waals surface area contributed by atoms with Crippen molar-refractivity contribution in [3.05, 3.63) is 34.5 Å². The molecule has 1 heterocycles. The van der Waals surface area contributed by atoms with Gasteiger partial charge in [-0.25, -0.2) is 13.1 Å². The fourth-order valence-electron chi connectivity index (χ4n) is 2.96. The van der Waals surface area contributed by atoms with E-state index in [4.69, 9.17) is 4.74 Å². The number of anilines is 1. The first-order valence-corrected chi connectivity index (χ1v) is 11.8. The number of rotatable bonds is 9. The number of thioether (sulfide) groups is 1. The molecule has 2 N–H and O–H groups in total. The number of aryl methyl sites for hydroxylation is 2. The smallest absolute Gasteiger partial charge is 0.220 e. The highest BCUT2D eigenvalue weighted by molar-refractivity contribution is 7.97. The Hall–Kier alpha value is -2.04. The Morgan fingerprint density at radius 1 is 1.39 bits per heavy atom. The fraction of sp³-hybridized carbons (Fsp3) is 0.444. The SMILES string of the molecule is COCCNc1c(S(C)(=O)=O)ccc(C(=O)c2c(C)nn(C)c2O)c1CSC. The van der Waals surface area contributed by atoms with Crippen LogP contribution in [0.2, 0.25) is 0 Å². The third-order valence-corrected chi connectivity index (χ3v) is 5.95. The maximum absolute atomic E-state index is 13.2. The lowest BCUT2D eigenvalue weighted by atomic mass is 9.97. The van der Waals surface area contributed by atoms with Gasteiger partial charge in [-0.2, -0.15) is 16.9 Å². The lowest BCUT2D eigenvalue weighted by molar-refractivity contribution is 0.103. The Morgan fingerprint density at radius 2 is 2.07 bits per heavy atom. The number of nitrogens with one attached hydrogen (secondary N) is 1. The number of sulfone groups is 1.